The largest absolute Gasteiger partial charge is 0.465 e. The van der Waals surface area contributed by atoms with Crippen molar-refractivity contribution < 1.29 is 31.1 Å². The highest BCUT2D eigenvalue weighted by atomic mass is 32.2. The molecule has 22 heavy (non-hydrogen) atoms. The first-order chi connectivity index (χ1) is 9.78. The summed E-state index contributed by atoms with van der Waals surface area (Å²) >= 11 is 0. The second-order valence-corrected chi connectivity index (χ2v) is 6.99. The molecule has 0 amide bonds. The lowest BCUT2D eigenvalue weighted by Crippen LogP contribution is -2.41. The van der Waals surface area contributed by atoms with Crippen molar-refractivity contribution >= 4 is 16.0 Å². The van der Waals surface area contributed by atoms with Crippen LogP contribution in [0.2, 0.25) is 0 Å². The summed E-state index contributed by atoms with van der Waals surface area (Å²) in [5.74, 6) is -1.10. The van der Waals surface area contributed by atoms with Gasteiger partial charge in [-0.15, -0.1) is 0 Å². The Morgan fingerprint density at radius 1 is 1.23 bits per heavy atom. The highest BCUT2D eigenvalue weighted by molar-refractivity contribution is 7.89. The lowest BCUT2D eigenvalue weighted by molar-refractivity contribution is -0.141. The van der Waals surface area contributed by atoms with E-state index in [4.69, 9.17) is 0 Å². The minimum Gasteiger partial charge on any atom is -0.465 e. The number of esters is 1. The number of methoxy groups -OCH3 is 1. The molecular formula is C12H15F3N2O4S. The standard InChI is InChI=1S/C12H15F3N2O4S/c1-11(2,3)17-22(19,20)9-7(10(18)21-4)5-6-8(16-9)12(13,14)15/h5-6,17H,1-4H3. The van der Waals surface area contributed by atoms with Gasteiger partial charge < -0.3 is 4.74 Å². The van der Waals surface area contributed by atoms with Gasteiger partial charge in [0.2, 0.25) is 0 Å². The van der Waals surface area contributed by atoms with Crippen molar-refractivity contribution in [1.82, 2.24) is 9.71 Å². The van der Waals surface area contributed by atoms with E-state index in [1.807, 2.05) is 0 Å². The fourth-order valence-corrected chi connectivity index (χ4v) is 3.08. The zero-order chi connectivity index (χ0) is 17.3. The maximum Gasteiger partial charge on any atom is 0.433 e. The molecular weight excluding hydrogens is 325 g/mol. The molecule has 6 nitrogen and oxygen atoms in total. The summed E-state index contributed by atoms with van der Waals surface area (Å²) in [6.07, 6.45) is -4.85. The first-order valence-electron chi connectivity index (χ1n) is 5.98. The maximum absolute atomic E-state index is 12.7. The number of halogens is 3. The Balaban J connectivity index is 3.57. The van der Waals surface area contributed by atoms with Crippen LogP contribution in [0.1, 0.15) is 36.8 Å². The molecule has 1 rings (SSSR count). The fourth-order valence-electron chi connectivity index (χ4n) is 1.52. The Kier molecular flexibility index (Phi) is 4.88. The van der Waals surface area contributed by atoms with E-state index in [2.05, 4.69) is 14.4 Å². The molecule has 124 valence electrons. The zero-order valence-corrected chi connectivity index (χ0v) is 13.1. The first-order valence-corrected chi connectivity index (χ1v) is 7.47. The van der Waals surface area contributed by atoms with Gasteiger partial charge in [0.25, 0.3) is 10.0 Å². The molecule has 1 aromatic heterocycles. The summed E-state index contributed by atoms with van der Waals surface area (Å²) in [7, 11) is -3.47. The van der Waals surface area contributed by atoms with Gasteiger partial charge in [-0.2, -0.15) is 13.2 Å². The molecule has 0 aliphatic rings. The number of sulfonamides is 1. The Morgan fingerprint density at radius 2 is 1.77 bits per heavy atom. The van der Waals surface area contributed by atoms with Crippen LogP contribution in [0.25, 0.3) is 0 Å². The molecule has 0 aliphatic heterocycles. The van der Waals surface area contributed by atoms with Crippen LogP contribution >= 0.6 is 0 Å². The van der Waals surface area contributed by atoms with Gasteiger partial charge in [-0.05, 0) is 32.9 Å². The first kappa shape index (κ1) is 18.4. The van der Waals surface area contributed by atoms with E-state index in [1.165, 1.54) is 20.8 Å². The molecule has 0 atom stereocenters. The van der Waals surface area contributed by atoms with Crippen molar-refractivity contribution in [1.29, 1.82) is 0 Å². The molecule has 0 aliphatic carbocycles. The molecule has 0 unspecified atom stereocenters. The quantitative estimate of drug-likeness (QED) is 0.850. The van der Waals surface area contributed by atoms with E-state index in [-0.39, 0.29) is 0 Å². The molecule has 0 bridgehead atoms. The van der Waals surface area contributed by atoms with Gasteiger partial charge >= 0.3 is 12.1 Å². The minimum absolute atomic E-state index is 0.516. The predicted molar refractivity (Wildman–Crippen MR) is 70.7 cm³/mol. The number of ether oxygens (including phenoxy) is 1. The number of rotatable bonds is 3. The third-order valence-electron chi connectivity index (χ3n) is 2.25. The summed E-state index contributed by atoms with van der Waals surface area (Å²) in [6.45, 7) is 4.49. The number of carbonyl (C=O) groups excluding carboxylic acids is 1. The Hall–Kier alpha value is -1.68. The Morgan fingerprint density at radius 3 is 2.18 bits per heavy atom. The van der Waals surface area contributed by atoms with Crippen LogP contribution in [0.3, 0.4) is 0 Å². The van der Waals surface area contributed by atoms with Gasteiger partial charge in [-0.1, -0.05) is 0 Å². The van der Waals surface area contributed by atoms with Crippen LogP contribution in [-0.4, -0.2) is 32.0 Å². The van der Waals surface area contributed by atoms with Crippen LogP contribution < -0.4 is 4.72 Å². The monoisotopic (exact) mass is 340 g/mol. The summed E-state index contributed by atoms with van der Waals surface area (Å²) in [5, 5.41) is -1.02. The number of nitrogens with one attached hydrogen (secondary N) is 1. The normalized spacial score (nSPS) is 13.0. The average Bonchev–Trinajstić information content (AvgIpc) is 2.33. The second-order valence-electron chi connectivity index (χ2n) is 5.39. The summed E-state index contributed by atoms with van der Waals surface area (Å²) < 4.78 is 69.1. The van der Waals surface area contributed by atoms with Crippen molar-refractivity contribution in [3.05, 3.63) is 23.4 Å². The molecule has 0 fully saturated rings. The van der Waals surface area contributed by atoms with Crippen molar-refractivity contribution in [2.45, 2.75) is 37.5 Å². The van der Waals surface area contributed by atoms with Crippen molar-refractivity contribution in [2.24, 2.45) is 0 Å². The fraction of sp³-hybridized carbons (Fsp3) is 0.500. The number of pyridine rings is 1. The number of aromatic nitrogens is 1. The number of hydrogen-bond donors (Lipinski definition) is 1. The van der Waals surface area contributed by atoms with Crippen LogP contribution in [0, 0.1) is 0 Å². The molecule has 10 heteroatoms. The van der Waals surface area contributed by atoms with Gasteiger partial charge in [0.1, 0.15) is 5.69 Å². The van der Waals surface area contributed by atoms with E-state index in [9.17, 15) is 26.4 Å². The molecule has 1 N–H and O–H groups in total. The number of nitrogens with zero attached hydrogens (tertiary/aromatic N) is 1. The number of carbonyl (C=O) groups is 1. The minimum atomic E-state index is -4.85. The van der Waals surface area contributed by atoms with Gasteiger partial charge in [0, 0.05) is 5.54 Å². The zero-order valence-electron chi connectivity index (χ0n) is 12.3. The third kappa shape index (κ3) is 4.41. The van der Waals surface area contributed by atoms with Crippen LogP contribution in [0.15, 0.2) is 17.2 Å². The Labute approximate surface area is 125 Å². The van der Waals surface area contributed by atoms with E-state index >= 15 is 0 Å². The number of alkyl halides is 3. The second kappa shape index (κ2) is 5.84. The predicted octanol–water partition coefficient (Wildman–Crippen LogP) is 1.96. The van der Waals surface area contributed by atoms with Crippen LogP contribution in [-0.2, 0) is 20.9 Å². The smallest absolute Gasteiger partial charge is 0.433 e. The molecule has 0 spiro atoms. The Bertz CT molecular complexity index is 679. The van der Waals surface area contributed by atoms with E-state index in [0.717, 1.165) is 13.2 Å². The summed E-state index contributed by atoms with van der Waals surface area (Å²) in [6, 6.07) is 1.24. The molecule has 1 heterocycles. The third-order valence-corrected chi connectivity index (χ3v) is 3.95. The van der Waals surface area contributed by atoms with Crippen molar-refractivity contribution in [3.8, 4) is 0 Å². The number of hydrogen-bond acceptors (Lipinski definition) is 5. The molecule has 0 saturated heterocycles. The summed E-state index contributed by atoms with van der Waals surface area (Å²) in [4.78, 5) is 14.7. The van der Waals surface area contributed by atoms with Gasteiger partial charge in [0.15, 0.2) is 5.03 Å². The summed E-state index contributed by atoms with van der Waals surface area (Å²) in [5.41, 5.74) is -2.97. The molecule has 1 aromatic rings. The van der Waals surface area contributed by atoms with Gasteiger partial charge in [0.05, 0.1) is 12.7 Å². The molecule has 0 saturated carbocycles. The SMILES string of the molecule is COC(=O)c1ccc(C(F)(F)F)nc1S(=O)(=O)NC(C)(C)C. The average molecular weight is 340 g/mol. The lowest BCUT2D eigenvalue weighted by atomic mass is 10.1. The van der Waals surface area contributed by atoms with Crippen LogP contribution in [0.5, 0.6) is 0 Å². The van der Waals surface area contributed by atoms with Crippen molar-refractivity contribution in [3.63, 3.8) is 0 Å². The van der Waals surface area contributed by atoms with E-state index in [0.29, 0.717) is 6.07 Å². The maximum atomic E-state index is 12.7. The van der Waals surface area contributed by atoms with Gasteiger partial charge in [-0.3, -0.25) is 0 Å². The van der Waals surface area contributed by atoms with E-state index in [1.54, 1.807) is 0 Å². The van der Waals surface area contributed by atoms with Gasteiger partial charge in [-0.25, -0.2) is 22.9 Å². The highest BCUT2D eigenvalue weighted by Crippen LogP contribution is 2.29. The topological polar surface area (TPSA) is 85.4 Å². The molecule has 0 aromatic carbocycles. The molecule has 0 radical (unpaired) electrons. The van der Waals surface area contributed by atoms with Crippen molar-refractivity contribution in [2.75, 3.05) is 7.11 Å². The lowest BCUT2D eigenvalue weighted by Gasteiger charge is -2.21. The highest BCUT2D eigenvalue weighted by Gasteiger charge is 2.36. The van der Waals surface area contributed by atoms with Crippen LogP contribution in [0.4, 0.5) is 13.2 Å². The van der Waals surface area contributed by atoms with E-state index < -0.39 is 44.0 Å².